The zero-order valence-corrected chi connectivity index (χ0v) is 12.0. The van der Waals surface area contributed by atoms with Crippen molar-refractivity contribution in [2.24, 2.45) is 23.7 Å². The minimum absolute atomic E-state index is 0.00771. The van der Waals surface area contributed by atoms with Gasteiger partial charge in [-0.3, -0.25) is 9.59 Å². The number of nitrogens with one attached hydrogen (secondary N) is 1. The zero-order chi connectivity index (χ0) is 15.3. The molecule has 2 N–H and O–H groups in total. The predicted octanol–water partition coefficient (Wildman–Crippen LogP) is 2.08. The molecule has 1 fully saturated rings. The number of carbonyl (C=O) groups excluding carboxylic acids is 1. The number of carboxylic acid groups (broad SMARTS) is 1. The fourth-order valence-electron chi connectivity index (χ4n) is 4.01. The number of hydrogen-bond acceptors (Lipinski definition) is 3. The average molecular weight is 299 g/mol. The van der Waals surface area contributed by atoms with Crippen molar-refractivity contribution < 1.29 is 19.4 Å². The molecule has 1 amide bonds. The van der Waals surface area contributed by atoms with E-state index in [9.17, 15) is 14.7 Å². The van der Waals surface area contributed by atoms with Crippen LogP contribution in [0, 0.1) is 23.7 Å². The number of hydrogen-bond donors (Lipinski definition) is 2. The first kappa shape index (κ1) is 13.4. The summed E-state index contributed by atoms with van der Waals surface area (Å²) in [5, 5.41) is 12.3. The Labute approximate surface area is 128 Å². The summed E-state index contributed by atoms with van der Waals surface area (Å²) < 4.78 is 5.45. The molecule has 4 rings (SSSR count). The molecule has 2 bridgehead atoms. The summed E-state index contributed by atoms with van der Waals surface area (Å²) in [6.07, 6.45) is 5.55. The summed E-state index contributed by atoms with van der Waals surface area (Å²) in [6, 6.07) is 5.58. The van der Waals surface area contributed by atoms with Crippen LogP contribution in [-0.2, 0) is 16.0 Å². The van der Waals surface area contributed by atoms with E-state index < -0.39 is 17.8 Å². The molecule has 5 heteroatoms. The molecular weight excluding hydrogens is 282 g/mol. The largest absolute Gasteiger partial charge is 0.493 e. The van der Waals surface area contributed by atoms with Gasteiger partial charge in [0.25, 0.3) is 0 Å². The van der Waals surface area contributed by atoms with E-state index in [-0.39, 0.29) is 17.7 Å². The van der Waals surface area contributed by atoms with Crippen LogP contribution in [-0.4, -0.2) is 23.6 Å². The van der Waals surface area contributed by atoms with Crippen molar-refractivity contribution in [1.82, 2.24) is 0 Å². The van der Waals surface area contributed by atoms with Crippen LogP contribution in [0.15, 0.2) is 30.4 Å². The van der Waals surface area contributed by atoms with Crippen molar-refractivity contribution in [3.05, 3.63) is 35.9 Å². The maximum Gasteiger partial charge on any atom is 0.307 e. The number of carboxylic acids is 1. The van der Waals surface area contributed by atoms with Crippen molar-refractivity contribution in [1.29, 1.82) is 0 Å². The lowest BCUT2D eigenvalue weighted by molar-refractivity contribution is -0.146. The van der Waals surface area contributed by atoms with Gasteiger partial charge >= 0.3 is 5.97 Å². The molecule has 3 aliphatic rings. The highest BCUT2D eigenvalue weighted by atomic mass is 16.5. The number of amides is 1. The summed E-state index contributed by atoms with van der Waals surface area (Å²) in [6.45, 7) is 0.672. The van der Waals surface area contributed by atoms with E-state index in [1.54, 1.807) is 6.07 Å². The van der Waals surface area contributed by atoms with Crippen LogP contribution in [0.5, 0.6) is 5.75 Å². The first-order valence-electron chi connectivity index (χ1n) is 7.61. The Kier molecular flexibility index (Phi) is 2.96. The molecule has 1 aromatic rings. The Morgan fingerprint density at radius 3 is 2.73 bits per heavy atom. The lowest BCUT2D eigenvalue weighted by atomic mass is 9.82. The monoisotopic (exact) mass is 299 g/mol. The molecule has 1 heterocycles. The number of rotatable bonds is 3. The van der Waals surface area contributed by atoms with Crippen LogP contribution in [0.4, 0.5) is 5.69 Å². The van der Waals surface area contributed by atoms with E-state index in [1.807, 2.05) is 24.3 Å². The summed E-state index contributed by atoms with van der Waals surface area (Å²) >= 11 is 0. The van der Waals surface area contributed by atoms with E-state index >= 15 is 0 Å². The molecule has 22 heavy (non-hydrogen) atoms. The molecule has 1 aliphatic heterocycles. The minimum Gasteiger partial charge on any atom is -0.493 e. The fourth-order valence-corrected chi connectivity index (χ4v) is 4.01. The van der Waals surface area contributed by atoms with Crippen LogP contribution in [0.3, 0.4) is 0 Å². The van der Waals surface area contributed by atoms with Gasteiger partial charge in [0.05, 0.1) is 18.4 Å². The van der Waals surface area contributed by atoms with Gasteiger partial charge in [-0.25, -0.2) is 0 Å². The second-order valence-electron chi connectivity index (χ2n) is 6.25. The number of aliphatic carboxylic acids is 1. The molecular formula is C17H17NO4. The van der Waals surface area contributed by atoms with Crippen molar-refractivity contribution in [3.63, 3.8) is 0 Å². The molecule has 4 atom stereocenters. The standard InChI is InChI=1S/C17H17NO4/c19-16(14-10-1-2-11(7-10)15(14)17(20)21)18-12-3-4-13-9(8-12)5-6-22-13/h1-4,8,10-11,14-15H,5-7H2,(H,18,19)(H,20,21). The number of anilines is 1. The molecule has 114 valence electrons. The smallest absolute Gasteiger partial charge is 0.307 e. The average Bonchev–Trinajstić information content (AvgIpc) is 3.20. The van der Waals surface area contributed by atoms with Gasteiger partial charge < -0.3 is 15.2 Å². The zero-order valence-electron chi connectivity index (χ0n) is 12.0. The van der Waals surface area contributed by atoms with Gasteiger partial charge in [0.15, 0.2) is 0 Å². The molecule has 0 aromatic heterocycles. The summed E-state index contributed by atoms with van der Waals surface area (Å²) in [4.78, 5) is 24.1. The van der Waals surface area contributed by atoms with E-state index in [1.165, 1.54) is 0 Å². The second-order valence-corrected chi connectivity index (χ2v) is 6.25. The molecule has 2 aliphatic carbocycles. The SMILES string of the molecule is O=C(O)C1C2C=CC(C2)C1C(=O)Nc1ccc2c(c1)CCO2. The highest BCUT2D eigenvalue weighted by molar-refractivity contribution is 5.96. The molecule has 4 unspecified atom stereocenters. The van der Waals surface area contributed by atoms with Crippen LogP contribution < -0.4 is 10.1 Å². The number of ether oxygens (including phenoxy) is 1. The van der Waals surface area contributed by atoms with Gasteiger partial charge in [0.1, 0.15) is 5.75 Å². The second kappa shape index (κ2) is 4.87. The predicted molar refractivity (Wildman–Crippen MR) is 79.6 cm³/mol. The maximum absolute atomic E-state index is 12.6. The molecule has 0 radical (unpaired) electrons. The van der Waals surface area contributed by atoms with Crippen LogP contribution in [0.1, 0.15) is 12.0 Å². The maximum atomic E-state index is 12.6. The Balaban J connectivity index is 1.55. The Bertz CT molecular complexity index is 681. The third kappa shape index (κ3) is 2.00. The topological polar surface area (TPSA) is 75.6 Å². The summed E-state index contributed by atoms with van der Waals surface area (Å²) in [7, 11) is 0. The summed E-state index contributed by atoms with van der Waals surface area (Å²) in [5.41, 5.74) is 1.80. The quantitative estimate of drug-likeness (QED) is 0.838. The van der Waals surface area contributed by atoms with Gasteiger partial charge in [-0.05, 0) is 42.0 Å². The van der Waals surface area contributed by atoms with Crippen molar-refractivity contribution in [3.8, 4) is 5.75 Å². The number of benzene rings is 1. The number of allylic oxidation sites excluding steroid dienone is 2. The van der Waals surface area contributed by atoms with Gasteiger partial charge in [0, 0.05) is 12.1 Å². The Morgan fingerprint density at radius 2 is 1.95 bits per heavy atom. The van der Waals surface area contributed by atoms with E-state index in [0.717, 1.165) is 24.2 Å². The third-order valence-electron chi connectivity index (χ3n) is 5.00. The molecule has 1 saturated carbocycles. The molecule has 5 nitrogen and oxygen atoms in total. The lowest BCUT2D eigenvalue weighted by Gasteiger charge is -2.23. The lowest BCUT2D eigenvalue weighted by Crippen LogP contribution is -2.36. The van der Waals surface area contributed by atoms with E-state index in [2.05, 4.69) is 5.32 Å². The highest BCUT2D eigenvalue weighted by Gasteiger charge is 2.51. The minimum atomic E-state index is -0.876. The normalized spacial score (nSPS) is 30.9. The van der Waals surface area contributed by atoms with Crippen LogP contribution in [0.2, 0.25) is 0 Å². The Hall–Kier alpha value is -2.30. The first-order valence-corrected chi connectivity index (χ1v) is 7.61. The third-order valence-corrected chi connectivity index (χ3v) is 5.00. The van der Waals surface area contributed by atoms with Crippen molar-refractivity contribution >= 4 is 17.6 Å². The van der Waals surface area contributed by atoms with E-state index in [0.29, 0.717) is 12.3 Å². The summed E-state index contributed by atoms with van der Waals surface area (Å²) in [5.74, 6) is -1.24. The highest BCUT2D eigenvalue weighted by Crippen LogP contribution is 2.48. The number of fused-ring (bicyclic) bond motifs is 3. The molecule has 0 saturated heterocycles. The van der Waals surface area contributed by atoms with Gasteiger partial charge in [-0.2, -0.15) is 0 Å². The van der Waals surface area contributed by atoms with Gasteiger partial charge in [0.2, 0.25) is 5.91 Å². The van der Waals surface area contributed by atoms with E-state index in [4.69, 9.17) is 4.74 Å². The van der Waals surface area contributed by atoms with Gasteiger partial charge in [-0.1, -0.05) is 12.2 Å². The first-order chi connectivity index (χ1) is 10.6. The number of carbonyl (C=O) groups is 2. The van der Waals surface area contributed by atoms with Crippen molar-refractivity contribution in [2.75, 3.05) is 11.9 Å². The fraction of sp³-hybridized carbons (Fsp3) is 0.412. The van der Waals surface area contributed by atoms with Crippen LogP contribution in [0.25, 0.3) is 0 Å². The van der Waals surface area contributed by atoms with Crippen LogP contribution >= 0.6 is 0 Å². The molecule has 0 spiro atoms. The molecule has 1 aromatic carbocycles. The Morgan fingerprint density at radius 1 is 1.18 bits per heavy atom. The van der Waals surface area contributed by atoms with Gasteiger partial charge in [-0.15, -0.1) is 0 Å². The van der Waals surface area contributed by atoms with Crippen molar-refractivity contribution in [2.45, 2.75) is 12.8 Å².